The zero-order valence-electron chi connectivity index (χ0n) is 13.3. The molecular weight excluding hydrogens is 268 g/mol. The average Bonchev–Trinajstić information content (AvgIpc) is 2.33. The van der Waals surface area contributed by atoms with Crippen LogP contribution in [0.25, 0.3) is 0 Å². The molecule has 1 rings (SSSR count). The minimum atomic E-state index is -0.174. The Bertz CT molecular complexity index is 460. The number of nitrogens with one attached hydrogen (secondary N) is 1. The molecule has 0 radical (unpaired) electrons. The fourth-order valence-electron chi connectivity index (χ4n) is 2.38. The van der Waals surface area contributed by atoms with Crippen molar-refractivity contribution in [2.24, 2.45) is 5.41 Å². The van der Waals surface area contributed by atoms with Crippen LogP contribution in [0.4, 0.5) is 10.5 Å². The van der Waals surface area contributed by atoms with Crippen LogP contribution in [0.3, 0.4) is 0 Å². The molecule has 1 aromatic carbocycles. The first-order valence-electron chi connectivity index (χ1n) is 7.04. The molecule has 20 heavy (non-hydrogen) atoms. The van der Waals surface area contributed by atoms with Gasteiger partial charge in [-0.3, -0.25) is 0 Å². The first-order valence-corrected chi connectivity index (χ1v) is 7.44. The summed E-state index contributed by atoms with van der Waals surface area (Å²) in [6.07, 6.45) is 0.892. The molecule has 1 N–H and O–H groups in total. The van der Waals surface area contributed by atoms with E-state index in [0.29, 0.717) is 0 Å². The highest BCUT2D eigenvalue weighted by molar-refractivity contribution is 7.82. The lowest BCUT2D eigenvalue weighted by Crippen LogP contribution is -2.47. The van der Waals surface area contributed by atoms with Crippen molar-refractivity contribution in [1.29, 1.82) is 0 Å². The molecule has 0 saturated heterocycles. The number of rotatable bonds is 3. The largest absolute Gasteiger partial charge is 0.334 e. The molecule has 1 unspecified atom stereocenters. The lowest BCUT2D eigenvalue weighted by molar-refractivity contribution is 0.224. The fourth-order valence-corrected chi connectivity index (χ4v) is 2.76. The van der Waals surface area contributed by atoms with Crippen molar-refractivity contribution < 1.29 is 4.79 Å². The van der Waals surface area contributed by atoms with Gasteiger partial charge in [-0.15, -0.1) is 0 Å². The summed E-state index contributed by atoms with van der Waals surface area (Å²) < 4.78 is 1.42. The summed E-state index contributed by atoms with van der Waals surface area (Å²) in [5, 5.41) is 3.07. The van der Waals surface area contributed by atoms with E-state index < -0.39 is 0 Å². The Kier molecular flexibility index (Phi) is 5.51. The van der Waals surface area contributed by atoms with Gasteiger partial charge in [-0.05, 0) is 36.8 Å². The maximum Gasteiger partial charge on any atom is 0.332 e. The van der Waals surface area contributed by atoms with Crippen molar-refractivity contribution in [3.8, 4) is 0 Å². The van der Waals surface area contributed by atoms with E-state index in [-0.39, 0.29) is 17.5 Å². The van der Waals surface area contributed by atoms with Crippen LogP contribution in [0.2, 0.25) is 0 Å². The van der Waals surface area contributed by atoms with Crippen LogP contribution in [0, 0.1) is 19.3 Å². The maximum absolute atomic E-state index is 12.4. The maximum atomic E-state index is 12.4. The van der Waals surface area contributed by atoms with E-state index in [1.165, 1.54) is 4.31 Å². The zero-order valence-corrected chi connectivity index (χ0v) is 14.2. The summed E-state index contributed by atoms with van der Waals surface area (Å²) >= 11 is 4.38. The smallest absolute Gasteiger partial charge is 0.332 e. The molecule has 0 saturated carbocycles. The number of nitrogens with zero attached hydrogens (tertiary/aromatic N) is 1. The quantitative estimate of drug-likeness (QED) is 0.791. The molecule has 0 aliphatic rings. The van der Waals surface area contributed by atoms with Gasteiger partial charge in [0, 0.05) is 6.04 Å². The summed E-state index contributed by atoms with van der Waals surface area (Å²) in [6.45, 7) is 12.4. The number of amides is 2. The average molecular weight is 294 g/mol. The second-order valence-corrected chi connectivity index (χ2v) is 6.73. The number of carbonyl (C=O) groups excluding carboxylic acids is 1. The van der Waals surface area contributed by atoms with Crippen molar-refractivity contribution in [3.05, 3.63) is 29.3 Å². The summed E-state index contributed by atoms with van der Waals surface area (Å²) in [6, 6.07) is 5.90. The molecule has 0 aliphatic carbocycles. The second-order valence-electron chi connectivity index (χ2n) is 6.33. The van der Waals surface area contributed by atoms with Crippen molar-refractivity contribution >= 4 is 24.5 Å². The zero-order chi connectivity index (χ0) is 15.5. The summed E-state index contributed by atoms with van der Waals surface area (Å²) in [7, 11) is 0. The van der Waals surface area contributed by atoms with Crippen molar-refractivity contribution in [1.82, 2.24) is 5.32 Å². The number of thiol groups is 1. The summed E-state index contributed by atoms with van der Waals surface area (Å²) in [4.78, 5) is 12.4. The van der Waals surface area contributed by atoms with E-state index in [1.807, 2.05) is 32.0 Å². The van der Waals surface area contributed by atoms with Crippen molar-refractivity contribution in [3.63, 3.8) is 0 Å². The van der Waals surface area contributed by atoms with E-state index in [2.05, 4.69) is 45.8 Å². The van der Waals surface area contributed by atoms with Gasteiger partial charge in [0.05, 0.1) is 5.69 Å². The Balaban J connectivity index is 2.92. The van der Waals surface area contributed by atoms with E-state index in [4.69, 9.17) is 0 Å². The SMILES string of the molecule is CCC(NC(=O)N(S)c1c(C)cccc1C)C(C)(C)C. The van der Waals surface area contributed by atoms with E-state index in [9.17, 15) is 4.79 Å². The Morgan fingerprint density at radius 3 is 2.20 bits per heavy atom. The van der Waals surface area contributed by atoms with Gasteiger partial charge in [0.25, 0.3) is 0 Å². The second kappa shape index (κ2) is 6.53. The summed E-state index contributed by atoms with van der Waals surface area (Å²) in [5.41, 5.74) is 2.97. The highest BCUT2D eigenvalue weighted by atomic mass is 32.1. The van der Waals surface area contributed by atoms with Crippen molar-refractivity contribution in [2.75, 3.05) is 4.31 Å². The van der Waals surface area contributed by atoms with Gasteiger partial charge < -0.3 is 5.32 Å². The number of para-hydroxylation sites is 1. The fraction of sp³-hybridized carbons (Fsp3) is 0.562. The van der Waals surface area contributed by atoms with Gasteiger partial charge >= 0.3 is 6.03 Å². The normalized spacial score (nSPS) is 12.9. The third kappa shape index (κ3) is 3.92. The Morgan fingerprint density at radius 1 is 1.30 bits per heavy atom. The van der Waals surface area contributed by atoms with Gasteiger partial charge in [0.2, 0.25) is 0 Å². The van der Waals surface area contributed by atoms with Crippen molar-refractivity contribution in [2.45, 2.75) is 54.0 Å². The topological polar surface area (TPSA) is 32.3 Å². The molecule has 0 aliphatic heterocycles. The predicted octanol–water partition coefficient (Wildman–Crippen LogP) is 4.49. The van der Waals surface area contributed by atoms with Crippen LogP contribution in [-0.4, -0.2) is 12.1 Å². The molecule has 1 aromatic rings. The number of urea groups is 1. The first-order chi connectivity index (χ1) is 9.18. The minimum absolute atomic E-state index is 0.0276. The highest BCUT2D eigenvalue weighted by Gasteiger charge is 2.26. The van der Waals surface area contributed by atoms with Gasteiger partial charge in [-0.2, -0.15) is 0 Å². The monoisotopic (exact) mass is 294 g/mol. The molecule has 0 spiro atoms. The number of aryl methyl sites for hydroxylation is 2. The van der Waals surface area contributed by atoms with Crippen LogP contribution in [0.5, 0.6) is 0 Å². The van der Waals surface area contributed by atoms with Gasteiger partial charge in [0.1, 0.15) is 0 Å². The third-order valence-electron chi connectivity index (χ3n) is 3.60. The number of carbonyl (C=O) groups is 1. The lowest BCUT2D eigenvalue weighted by atomic mass is 9.85. The number of anilines is 1. The van der Waals surface area contributed by atoms with Crippen LogP contribution in [0.15, 0.2) is 18.2 Å². The molecular formula is C16H26N2OS. The van der Waals surface area contributed by atoms with E-state index >= 15 is 0 Å². The van der Waals surface area contributed by atoms with Crippen LogP contribution >= 0.6 is 12.8 Å². The lowest BCUT2D eigenvalue weighted by Gasteiger charge is -2.32. The van der Waals surface area contributed by atoms with Gasteiger partial charge in [-0.1, -0.05) is 58.7 Å². The predicted molar refractivity (Wildman–Crippen MR) is 89.4 cm³/mol. The van der Waals surface area contributed by atoms with Crippen LogP contribution in [-0.2, 0) is 0 Å². The standard InChI is InChI=1S/C16H26N2OS/c1-7-13(16(4,5)6)17-15(19)18(20)14-11(2)9-8-10-12(14)3/h8-10,13,20H,7H2,1-6H3,(H,17,19). The molecule has 0 aromatic heterocycles. The number of hydrogen-bond acceptors (Lipinski definition) is 2. The van der Waals surface area contributed by atoms with E-state index in [0.717, 1.165) is 23.2 Å². The van der Waals surface area contributed by atoms with Crippen LogP contribution in [0.1, 0.15) is 45.2 Å². The number of hydrogen-bond donors (Lipinski definition) is 2. The minimum Gasteiger partial charge on any atom is -0.334 e. The molecule has 1 atom stereocenters. The van der Waals surface area contributed by atoms with Gasteiger partial charge in [-0.25, -0.2) is 9.10 Å². The molecule has 3 nitrogen and oxygen atoms in total. The van der Waals surface area contributed by atoms with E-state index in [1.54, 1.807) is 0 Å². The van der Waals surface area contributed by atoms with Gasteiger partial charge in [0.15, 0.2) is 0 Å². The molecule has 112 valence electrons. The first kappa shape index (κ1) is 16.9. The molecule has 0 fully saturated rings. The Hall–Kier alpha value is -1.16. The summed E-state index contributed by atoms with van der Waals surface area (Å²) in [5.74, 6) is 0. The van der Waals surface area contributed by atoms with Crippen LogP contribution < -0.4 is 9.62 Å². The Morgan fingerprint density at radius 2 is 1.80 bits per heavy atom. The molecule has 0 bridgehead atoms. The molecule has 2 amide bonds. The third-order valence-corrected chi connectivity index (χ3v) is 3.98. The molecule has 0 heterocycles. The Labute approximate surface area is 128 Å². The highest BCUT2D eigenvalue weighted by Crippen LogP contribution is 2.27. The molecule has 4 heteroatoms. The number of benzene rings is 1.